The topological polar surface area (TPSA) is 50.4 Å². The molecule has 0 radical (unpaired) electrons. The standard InChI is InChI=1S/C13H17N3O2.C2H6/c1-2-14-13-11(1)9-12(10-15-13)18-8-5-16-3-6-17-7-4-16;1-2/h1-2,9-10H,3-8H2,(H,14,15);1-2H3. The molecular formula is C15H23N3O2. The largest absolute Gasteiger partial charge is 0.491 e. The molecule has 0 spiro atoms. The van der Waals surface area contributed by atoms with E-state index < -0.39 is 0 Å². The van der Waals surface area contributed by atoms with E-state index in [4.69, 9.17) is 9.47 Å². The van der Waals surface area contributed by atoms with E-state index in [0.29, 0.717) is 6.61 Å². The molecule has 3 heterocycles. The summed E-state index contributed by atoms with van der Waals surface area (Å²) in [6, 6.07) is 4.01. The third kappa shape index (κ3) is 3.95. The van der Waals surface area contributed by atoms with E-state index >= 15 is 0 Å². The maximum atomic E-state index is 5.73. The minimum Gasteiger partial charge on any atom is -0.491 e. The van der Waals surface area contributed by atoms with E-state index in [0.717, 1.165) is 49.6 Å². The van der Waals surface area contributed by atoms with Crippen LogP contribution in [0.4, 0.5) is 0 Å². The number of hydrogen-bond acceptors (Lipinski definition) is 4. The van der Waals surface area contributed by atoms with Crippen LogP contribution < -0.4 is 4.74 Å². The molecule has 2 aromatic rings. The summed E-state index contributed by atoms with van der Waals surface area (Å²) in [7, 11) is 0. The first kappa shape index (κ1) is 14.8. The molecule has 5 heteroatoms. The molecule has 1 aliphatic rings. The van der Waals surface area contributed by atoms with Crippen molar-refractivity contribution in [3.8, 4) is 5.75 Å². The number of aromatic amines is 1. The summed E-state index contributed by atoms with van der Waals surface area (Å²) in [6.07, 6.45) is 3.65. The van der Waals surface area contributed by atoms with E-state index in [9.17, 15) is 0 Å². The Hall–Kier alpha value is -1.59. The molecule has 110 valence electrons. The molecule has 3 rings (SSSR count). The first-order valence-corrected chi connectivity index (χ1v) is 7.28. The first-order valence-electron chi connectivity index (χ1n) is 7.28. The molecule has 1 fully saturated rings. The van der Waals surface area contributed by atoms with Crippen molar-refractivity contribution in [2.75, 3.05) is 39.5 Å². The van der Waals surface area contributed by atoms with Crippen LogP contribution in [0.25, 0.3) is 11.0 Å². The van der Waals surface area contributed by atoms with Gasteiger partial charge < -0.3 is 14.5 Å². The van der Waals surface area contributed by atoms with Crippen LogP contribution in [0, 0.1) is 0 Å². The quantitative estimate of drug-likeness (QED) is 0.931. The summed E-state index contributed by atoms with van der Waals surface area (Å²) >= 11 is 0. The summed E-state index contributed by atoms with van der Waals surface area (Å²) in [6.45, 7) is 9.29. The summed E-state index contributed by atoms with van der Waals surface area (Å²) in [4.78, 5) is 9.71. The van der Waals surface area contributed by atoms with Crippen molar-refractivity contribution in [2.24, 2.45) is 0 Å². The van der Waals surface area contributed by atoms with Crippen molar-refractivity contribution in [1.29, 1.82) is 0 Å². The fraction of sp³-hybridized carbons (Fsp3) is 0.533. The number of hydrogen-bond donors (Lipinski definition) is 1. The Morgan fingerprint density at radius 1 is 1.35 bits per heavy atom. The average molecular weight is 277 g/mol. The van der Waals surface area contributed by atoms with E-state index in [1.807, 2.05) is 32.2 Å². The highest BCUT2D eigenvalue weighted by Gasteiger charge is 2.09. The molecule has 1 saturated heterocycles. The molecule has 0 atom stereocenters. The zero-order valence-corrected chi connectivity index (χ0v) is 12.3. The van der Waals surface area contributed by atoms with Crippen molar-refractivity contribution < 1.29 is 9.47 Å². The van der Waals surface area contributed by atoms with Gasteiger partial charge in [-0.15, -0.1) is 0 Å². The third-order valence-corrected chi connectivity index (χ3v) is 3.15. The number of nitrogens with zero attached hydrogens (tertiary/aromatic N) is 2. The lowest BCUT2D eigenvalue weighted by atomic mass is 10.3. The van der Waals surface area contributed by atoms with Gasteiger partial charge in [-0.3, -0.25) is 4.90 Å². The van der Waals surface area contributed by atoms with Crippen molar-refractivity contribution in [1.82, 2.24) is 14.9 Å². The van der Waals surface area contributed by atoms with Crippen molar-refractivity contribution in [3.63, 3.8) is 0 Å². The molecule has 20 heavy (non-hydrogen) atoms. The van der Waals surface area contributed by atoms with Gasteiger partial charge in [-0.25, -0.2) is 4.98 Å². The van der Waals surface area contributed by atoms with Gasteiger partial charge in [0.2, 0.25) is 0 Å². The van der Waals surface area contributed by atoms with Crippen molar-refractivity contribution in [3.05, 3.63) is 24.5 Å². The average Bonchev–Trinajstić information content (AvgIpc) is 2.98. The van der Waals surface area contributed by atoms with Crippen LogP contribution in [0.1, 0.15) is 13.8 Å². The number of fused-ring (bicyclic) bond motifs is 1. The van der Waals surface area contributed by atoms with E-state index in [1.165, 1.54) is 0 Å². The van der Waals surface area contributed by atoms with Crippen LogP contribution >= 0.6 is 0 Å². The molecule has 0 saturated carbocycles. The first-order chi connectivity index (χ1) is 9.92. The number of rotatable bonds is 4. The molecule has 2 aromatic heterocycles. The van der Waals surface area contributed by atoms with Crippen molar-refractivity contribution in [2.45, 2.75) is 13.8 Å². The van der Waals surface area contributed by atoms with E-state index in [1.54, 1.807) is 6.20 Å². The number of pyridine rings is 1. The van der Waals surface area contributed by atoms with Crippen LogP contribution in [0.5, 0.6) is 5.75 Å². The number of aromatic nitrogens is 2. The second-order valence-corrected chi connectivity index (χ2v) is 4.39. The van der Waals surface area contributed by atoms with Crippen molar-refractivity contribution >= 4 is 11.0 Å². The van der Waals surface area contributed by atoms with Gasteiger partial charge in [0, 0.05) is 31.2 Å². The lowest BCUT2D eigenvalue weighted by Crippen LogP contribution is -2.38. The number of H-pyrrole nitrogens is 1. The van der Waals surface area contributed by atoms with Crippen LogP contribution in [0.3, 0.4) is 0 Å². The highest BCUT2D eigenvalue weighted by atomic mass is 16.5. The number of nitrogens with one attached hydrogen (secondary N) is 1. The Morgan fingerprint density at radius 2 is 2.15 bits per heavy atom. The van der Waals surface area contributed by atoms with E-state index in [2.05, 4.69) is 14.9 Å². The predicted octanol–water partition coefficient (Wildman–Crippen LogP) is 2.30. The van der Waals surface area contributed by atoms with Gasteiger partial charge in [-0.2, -0.15) is 0 Å². The Morgan fingerprint density at radius 3 is 2.95 bits per heavy atom. The van der Waals surface area contributed by atoms with Gasteiger partial charge in [0.05, 0.1) is 19.4 Å². The highest BCUT2D eigenvalue weighted by Crippen LogP contribution is 2.16. The fourth-order valence-corrected chi connectivity index (χ4v) is 2.12. The maximum absolute atomic E-state index is 5.73. The lowest BCUT2D eigenvalue weighted by molar-refractivity contribution is 0.0322. The highest BCUT2D eigenvalue weighted by molar-refractivity contribution is 5.76. The fourth-order valence-electron chi connectivity index (χ4n) is 2.12. The number of ether oxygens (including phenoxy) is 2. The van der Waals surface area contributed by atoms with Gasteiger partial charge >= 0.3 is 0 Å². The minimum atomic E-state index is 0.692. The second-order valence-electron chi connectivity index (χ2n) is 4.39. The van der Waals surface area contributed by atoms with Gasteiger partial charge in [-0.1, -0.05) is 13.8 Å². The zero-order valence-electron chi connectivity index (χ0n) is 12.3. The van der Waals surface area contributed by atoms with Gasteiger partial charge in [0.15, 0.2) is 0 Å². The minimum absolute atomic E-state index is 0.692. The Bertz CT molecular complexity index is 507. The normalized spacial score (nSPS) is 15.7. The van der Waals surface area contributed by atoms with Crippen LogP contribution in [-0.4, -0.2) is 54.3 Å². The van der Waals surface area contributed by atoms with Gasteiger partial charge in [0.1, 0.15) is 18.0 Å². The molecule has 1 aliphatic heterocycles. The molecular weight excluding hydrogens is 254 g/mol. The third-order valence-electron chi connectivity index (χ3n) is 3.15. The molecule has 5 nitrogen and oxygen atoms in total. The Balaban J connectivity index is 0.000000704. The molecule has 0 aliphatic carbocycles. The Labute approximate surface area is 119 Å². The number of morpholine rings is 1. The van der Waals surface area contributed by atoms with Crippen LogP contribution in [-0.2, 0) is 4.74 Å². The van der Waals surface area contributed by atoms with Crippen LogP contribution in [0.2, 0.25) is 0 Å². The smallest absolute Gasteiger partial charge is 0.138 e. The zero-order chi connectivity index (χ0) is 14.2. The predicted molar refractivity (Wildman–Crippen MR) is 80.2 cm³/mol. The summed E-state index contributed by atoms with van der Waals surface area (Å²) in [5.41, 5.74) is 0.899. The molecule has 0 aromatic carbocycles. The summed E-state index contributed by atoms with van der Waals surface area (Å²) in [5, 5.41) is 1.08. The summed E-state index contributed by atoms with van der Waals surface area (Å²) < 4.78 is 11.0. The van der Waals surface area contributed by atoms with E-state index in [-0.39, 0.29) is 0 Å². The van der Waals surface area contributed by atoms with Gasteiger partial charge in [-0.05, 0) is 12.1 Å². The SMILES string of the molecule is CC.c1cc2cc(OCCN3CCOCC3)cnc2[nH]1. The second kappa shape index (κ2) is 7.87. The monoisotopic (exact) mass is 277 g/mol. The maximum Gasteiger partial charge on any atom is 0.138 e. The molecule has 1 N–H and O–H groups in total. The summed E-state index contributed by atoms with van der Waals surface area (Å²) in [5.74, 6) is 0.829. The van der Waals surface area contributed by atoms with Gasteiger partial charge in [0.25, 0.3) is 0 Å². The van der Waals surface area contributed by atoms with Crippen LogP contribution in [0.15, 0.2) is 24.5 Å². The Kier molecular flexibility index (Phi) is 5.83. The molecule has 0 bridgehead atoms. The molecule has 0 unspecified atom stereocenters. The lowest BCUT2D eigenvalue weighted by Gasteiger charge is -2.26. The molecule has 0 amide bonds.